The minimum Gasteiger partial charge on any atom is -0.497 e. The predicted molar refractivity (Wildman–Crippen MR) is 102 cm³/mol. The Morgan fingerprint density at radius 2 is 1.71 bits per heavy atom. The van der Waals surface area contributed by atoms with E-state index < -0.39 is 0 Å². The van der Waals surface area contributed by atoms with Crippen molar-refractivity contribution < 1.29 is 4.74 Å². The Kier molecular flexibility index (Phi) is 5.63. The second kappa shape index (κ2) is 8.09. The van der Waals surface area contributed by atoms with Crippen molar-refractivity contribution in [3.8, 4) is 5.75 Å². The molecule has 1 aliphatic heterocycles. The van der Waals surface area contributed by atoms with Crippen molar-refractivity contribution in [2.75, 3.05) is 30.1 Å². The summed E-state index contributed by atoms with van der Waals surface area (Å²) in [7, 11) is 1.72. The molecule has 1 heterocycles. The average molecular weight is 324 g/mol. The summed E-state index contributed by atoms with van der Waals surface area (Å²) in [4.78, 5) is 5.03. The number of nitrogens with zero attached hydrogens (tertiary/aromatic N) is 2. The Hall–Kier alpha value is -2.16. The molecule has 1 fully saturated rings. The SMILES string of the molecule is CCCCCC1CN(c2ccccc2)CN1c1ccc(OC)cc1. The van der Waals surface area contributed by atoms with Crippen LogP contribution >= 0.6 is 0 Å². The molecule has 128 valence electrons. The molecule has 0 bridgehead atoms. The molecule has 3 nitrogen and oxygen atoms in total. The van der Waals surface area contributed by atoms with Gasteiger partial charge in [-0.05, 0) is 42.8 Å². The zero-order valence-electron chi connectivity index (χ0n) is 14.8. The Balaban J connectivity index is 1.77. The van der Waals surface area contributed by atoms with E-state index in [0.717, 1.165) is 19.0 Å². The fourth-order valence-corrected chi connectivity index (χ4v) is 3.48. The highest BCUT2D eigenvalue weighted by Gasteiger charge is 2.30. The van der Waals surface area contributed by atoms with Gasteiger partial charge in [-0.25, -0.2) is 0 Å². The van der Waals surface area contributed by atoms with Gasteiger partial charge in [-0.2, -0.15) is 0 Å². The smallest absolute Gasteiger partial charge is 0.119 e. The van der Waals surface area contributed by atoms with E-state index in [4.69, 9.17) is 4.74 Å². The highest BCUT2D eigenvalue weighted by Crippen LogP contribution is 2.30. The van der Waals surface area contributed by atoms with Gasteiger partial charge in [0.1, 0.15) is 5.75 Å². The second-order valence-electron chi connectivity index (χ2n) is 6.52. The lowest BCUT2D eigenvalue weighted by atomic mass is 10.1. The van der Waals surface area contributed by atoms with Crippen LogP contribution in [0.4, 0.5) is 11.4 Å². The van der Waals surface area contributed by atoms with Crippen LogP contribution in [-0.2, 0) is 0 Å². The summed E-state index contributed by atoms with van der Waals surface area (Å²) < 4.78 is 5.30. The van der Waals surface area contributed by atoms with Gasteiger partial charge in [0.05, 0.1) is 13.8 Å². The Morgan fingerprint density at radius 1 is 0.958 bits per heavy atom. The molecular weight excluding hydrogens is 296 g/mol. The van der Waals surface area contributed by atoms with Gasteiger partial charge in [0, 0.05) is 24.0 Å². The van der Waals surface area contributed by atoms with E-state index in [9.17, 15) is 0 Å². The van der Waals surface area contributed by atoms with Gasteiger partial charge in [0.25, 0.3) is 0 Å². The lowest BCUT2D eigenvalue weighted by Gasteiger charge is -2.25. The molecular formula is C21H28N2O. The molecule has 1 aliphatic rings. The van der Waals surface area contributed by atoms with Crippen molar-refractivity contribution in [2.45, 2.75) is 38.6 Å². The third-order valence-corrected chi connectivity index (χ3v) is 4.86. The molecule has 3 rings (SSSR count). The molecule has 0 aromatic heterocycles. The number of ether oxygens (including phenoxy) is 1. The van der Waals surface area contributed by atoms with E-state index in [-0.39, 0.29) is 0 Å². The van der Waals surface area contributed by atoms with Crippen LogP contribution in [0.15, 0.2) is 54.6 Å². The molecule has 1 unspecified atom stereocenters. The molecule has 1 saturated heterocycles. The fraction of sp³-hybridized carbons (Fsp3) is 0.429. The maximum Gasteiger partial charge on any atom is 0.119 e. The van der Waals surface area contributed by atoms with Crippen LogP contribution in [0.25, 0.3) is 0 Å². The first-order valence-corrected chi connectivity index (χ1v) is 9.02. The lowest BCUT2D eigenvalue weighted by molar-refractivity contribution is 0.415. The minimum absolute atomic E-state index is 0.574. The lowest BCUT2D eigenvalue weighted by Crippen LogP contribution is -2.30. The first-order chi connectivity index (χ1) is 11.8. The van der Waals surface area contributed by atoms with E-state index >= 15 is 0 Å². The maximum atomic E-state index is 5.30. The number of hydrogen-bond acceptors (Lipinski definition) is 3. The molecule has 0 N–H and O–H groups in total. The molecule has 2 aromatic rings. The molecule has 0 amide bonds. The van der Waals surface area contributed by atoms with E-state index in [1.165, 1.54) is 37.1 Å². The summed E-state index contributed by atoms with van der Waals surface area (Å²) in [6, 6.07) is 19.8. The number of para-hydroxylation sites is 1. The molecule has 1 atom stereocenters. The Morgan fingerprint density at radius 3 is 2.38 bits per heavy atom. The number of hydrogen-bond donors (Lipinski definition) is 0. The minimum atomic E-state index is 0.574. The van der Waals surface area contributed by atoms with Gasteiger partial charge >= 0.3 is 0 Å². The van der Waals surface area contributed by atoms with Crippen LogP contribution in [0.3, 0.4) is 0 Å². The second-order valence-corrected chi connectivity index (χ2v) is 6.52. The van der Waals surface area contributed by atoms with Crippen molar-refractivity contribution in [3.63, 3.8) is 0 Å². The topological polar surface area (TPSA) is 15.7 Å². The zero-order valence-corrected chi connectivity index (χ0v) is 14.8. The number of rotatable bonds is 7. The standard InChI is InChI=1S/C21H28N2O/c1-3-4-6-11-20-16-22(18-9-7-5-8-10-18)17-23(20)19-12-14-21(24-2)15-13-19/h5,7-10,12-15,20H,3-4,6,11,16-17H2,1-2H3. The summed E-state index contributed by atoms with van der Waals surface area (Å²) in [5.74, 6) is 0.917. The van der Waals surface area contributed by atoms with Crippen LogP contribution in [-0.4, -0.2) is 26.4 Å². The molecule has 3 heteroatoms. The molecule has 0 aliphatic carbocycles. The van der Waals surface area contributed by atoms with Crippen LogP contribution in [0.5, 0.6) is 5.75 Å². The first-order valence-electron chi connectivity index (χ1n) is 9.02. The largest absolute Gasteiger partial charge is 0.497 e. The van der Waals surface area contributed by atoms with E-state index in [1.54, 1.807) is 7.11 Å². The zero-order chi connectivity index (χ0) is 16.8. The molecule has 24 heavy (non-hydrogen) atoms. The number of methoxy groups -OCH3 is 1. The Bertz CT molecular complexity index is 611. The molecule has 0 radical (unpaired) electrons. The van der Waals surface area contributed by atoms with Gasteiger partial charge in [-0.15, -0.1) is 0 Å². The van der Waals surface area contributed by atoms with Gasteiger partial charge in [-0.3, -0.25) is 0 Å². The van der Waals surface area contributed by atoms with Gasteiger partial charge < -0.3 is 14.5 Å². The summed E-state index contributed by atoms with van der Waals surface area (Å²) in [6.45, 7) is 4.32. The fourth-order valence-electron chi connectivity index (χ4n) is 3.48. The summed E-state index contributed by atoms with van der Waals surface area (Å²) in [5, 5.41) is 0. The van der Waals surface area contributed by atoms with Crippen molar-refractivity contribution in [3.05, 3.63) is 54.6 Å². The van der Waals surface area contributed by atoms with Crippen molar-refractivity contribution >= 4 is 11.4 Å². The van der Waals surface area contributed by atoms with E-state index in [1.807, 2.05) is 0 Å². The van der Waals surface area contributed by atoms with Crippen LogP contribution in [0, 0.1) is 0 Å². The van der Waals surface area contributed by atoms with Crippen molar-refractivity contribution in [1.29, 1.82) is 0 Å². The van der Waals surface area contributed by atoms with Gasteiger partial charge in [-0.1, -0.05) is 44.4 Å². The highest BCUT2D eigenvalue weighted by molar-refractivity contribution is 5.56. The van der Waals surface area contributed by atoms with Gasteiger partial charge in [0.2, 0.25) is 0 Å². The molecule has 0 spiro atoms. The third-order valence-electron chi connectivity index (χ3n) is 4.86. The first kappa shape index (κ1) is 16.7. The van der Waals surface area contributed by atoms with E-state index in [2.05, 4.69) is 71.3 Å². The quantitative estimate of drug-likeness (QED) is 0.672. The normalized spacial score (nSPS) is 17.3. The van der Waals surface area contributed by atoms with Crippen LogP contribution < -0.4 is 14.5 Å². The highest BCUT2D eigenvalue weighted by atomic mass is 16.5. The van der Waals surface area contributed by atoms with Crippen molar-refractivity contribution in [2.24, 2.45) is 0 Å². The third kappa shape index (κ3) is 3.84. The summed E-state index contributed by atoms with van der Waals surface area (Å²) in [5.41, 5.74) is 2.60. The Labute approximate surface area is 145 Å². The van der Waals surface area contributed by atoms with Gasteiger partial charge in [0.15, 0.2) is 0 Å². The van der Waals surface area contributed by atoms with Crippen LogP contribution in [0.1, 0.15) is 32.6 Å². The molecule has 2 aromatic carbocycles. The van der Waals surface area contributed by atoms with E-state index in [0.29, 0.717) is 6.04 Å². The number of benzene rings is 2. The number of unbranched alkanes of at least 4 members (excludes halogenated alkanes) is 2. The average Bonchev–Trinajstić information content (AvgIpc) is 3.07. The maximum absolute atomic E-state index is 5.30. The summed E-state index contributed by atoms with van der Waals surface area (Å²) in [6.07, 6.45) is 5.15. The van der Waals surface area contributed by atoms with Crippen LogP contribution in [0.2, 0.25) is 0 Å². The van der Waals surface area contributed by atoms with Crippen molar-refractivity contribution in [1.82, 2.24) is 0 Å². The number of anilines is 2. The summed E-state index contributed by atoms with van der Waals surface area (Å²) >= 11 is 0. The molecule has 0 saturated carbocycles. The predicted octanol–water partition coefficient (Wildman–Crippen LogP) is 4.93. The monoisotopic (exact) mass is 324 g/mol.